The minimum Gasteiger partial charge on any atom is -0.328 e. The predicted molar refractivity (Wildman–Crippen MR) is 102 cm³/mol. The largest absolute Gasteiger partial charge is 0.328 e. The molecule has 0 spiro atoms. The van der Waals surface area contributed by atoms with Crippen LogP contribution in [0.4, 0.5) is 5.82 Å². The van der Waals surface area contributed by atoms with E-state index in [1.54, 1.807) is 12.4 Å². The summed E-state index contributed by atoms with van der Waals surface area (Å²) in [6.45, 7) is 1.92. The fourth-order valence-corrected chi connectivity index (χ4v) is 3.91. The van der Waals surface area contributed by atoms with Crippen molar-refractivity contribution in [3.63, 3.8) is 0 Å². The number of pyridine rings is 2. The first-order valence-electron chi connectivity index (χ1n) is 8.71. The first kappa shape index (κ1) is 17.0. The molecule has 0 aliphatic heterocycles. The van der Waals surface area contributed by atoms with Gasteiger partial charge in [-0.25, -0.2) is 4.98 Å². The number of fused-ring (bicyclic) bond motifs is 1. The van der Waals surface area contributed by atoms with Gasteiger partial charge in [0.15, 0.2) is 0 Å². The highest BCUT2D eigenvalue weighted by atomic mass is 32.1. The van der Waals surface area contributed by atoms with Crippen LogP contribution in [0.15, 0.2) is 24.5 Å². The number of amides is 1. The Bertz CT molecular complexity index is 948. The Labute approximate surface area is 155 Å². The van der Waals surface area contributed by atoms with Crippen LogP contribution in [0.3, 0.4) is 0 Å². The molecule has 3 aromatic rings. The summed E-state index contributed by atoms with van der Waals surface area (Å²) in [5.41, 5.74) is 7.60. The number of hydrogen-bond acceptors (Lipinski definition) is 7. The van der Waals surface area contributed by atoms with Gasteiger partial charge in [-0.1, -0.05) is 11.3 Å². The number of carbonyl (C=O) groups is 1. The van der Waals surface area contributed by atoms with Crippen LogP contribution >= 0.6 is 11.3 Å². The highest BCUT2D eigenvalue weighted by Crippen LogP contribution is 2.27. The molecule has 1 saturated carbocycles. The molecule has 26 heavy (non-hydrogen) atoms. The average Bonchev–Trinajstić information content (AvgIpc) is 3.08. The molecule has 0 aromatic carbocycles. The average molecular weight is 368 g/mol. The van der Waals surface area contributed by atoms with Crippen molar-refractivity contribution in [1.29, 1.82) is 0 Å². The van der Waals surface area contributed by atoms with Crippen molar-refractivity contribution in [2.24, 2.45) is 11.7 Å². The maximum Gasteiger partial charge on any atom is 0.228 e. The zero-order valence-electron chi connectivity index (χ0n) is 14.5. The number of carbonyl (C=O) groups excluding carboxylic acids is 1. The Morgan fingerprint density at radius 1 is 1.15 bits per heavy atom. The molecule has 134 valence electrons. The van der Waals surface area contributed by atoms with Crippen molar-refractivity contribution < 1.29 is 4.79 Å². The Morgan fingerprint density at radius 2 is 1.96 bits per heavy atom. The minimum atomic E-state index is 0.0149. The van der Waals surface area contributed by atoms with E-state index in [0.717, 1.165) is 52.2 Å². The SMILES string of the molecule is Cc1nnc(-c2cnc3cnc(NC(=O)[C@H]4CC[C@H](N)CC4)cc3c2)s1. The molecule has 3 N–H and O–H groups in total. The van der Waals surface area contributed by atoms with E-state index in [9.17, 15) is 4.79 Å². The maximum atomic E-state index is 12.5. The van der Waals surface area contributed by atoms with Crippen LogP contribution in [0, 0.1) is 12.8 Å². The predicted octanol–water partition coefficient (Wildman–Crippen LogP) is 2.91. The molecule has 4 rings (SSSR count). The quantitative estimate of drug-likeness (QED) is 0.736. The Hall–Kier alpha value is -2.45. The van der Waals surface area contributed by atoms with Crippen molar-refractivity contribution in [2.75, 3.05) is 5.32 Å². The van der Waals surface area contributed by atoms with Gasteiger partial charge in [0.05, 0.1) is 11.7 Å². The third-order valence-electron chi connectivity index (χ3n) is 4.73. The van der Waals surface area contributed by atoms with Crippen LogP contribution < -0.4 is 11.1 Å². The number of anilines is 1. The van der Waals surface area contributed by atoms with Crippen LogP contribution in [-0.2, 0) is 4.79 Å². The molecule has 1 fully saturated rings. The zero-order chi connectivity index (χ0) is 18.1. The van der Waals surface area contributed by atoms with E-state index < -0.39 is 0 Å². The lowest BCUT2D eigenvalue weighted by Gasteiger charge is -2.24. The minimum absolute atomic E-state index is 0.0149. The molecule has 0 saturated heterocycles. The molecule has 0 bridgehead atoms. The van der Waals surface area contributed by atoms with Crippen molar-refractivity contribution in [2.45, 2.75) is 38.6 Å². The summed E-state index contributed by atoms with van der Waals surface area (Å²) < 4.78 is 0. The Balaban J connectivity index is 1.55. The van der Waals surface area contributed by atoms with Gasteiger partial charge >= 0.3 is 0 Å². The highest BCUT2D eigenvalue weighted by Gasteiger charge is 2.24. The third-order valence-corrected chi connectivity index (χ3v) is 5.62. The van der Waals surface area contributed by atoms with E-state index in [2.05, 4.69) is 25.5 Å². The van der Waals surface area contributed by atoms with Gasteiger partial charge in [0, 0.05) is 29.1 Å². The van der Waals surface area contributed by atoms with Crippen LogP contribution in [0.1, 0.15) is 30.7 Å². The molecule has 1 amide bonds. The van der Waals surface area contributed by atoms with Crippen molar-refractivity contribution in [3.8, 4) is 10.6 Å². The summed E-state index contributed by atoms with van der Waals surface area (Å²) in [7, 11) is 0. The van der Waals surface area contributed by atoms with Gasteiger partial charge in [-0.3, -0.25) is 9.78 Å². The smallest absolute Gasteiger partial charge is 0.228 e. The number of aryl methyl sites for hydroxylation is 1. The normalized spacial score (nSPS) is 20.2. The first-order chi connectivity index (χ1) is 12.6. The number of rotatable bonds is 3. The van der Waals surface area contributed by atoms with Crippen molar-refractivity contribution in [1.82, 2.24) is 20.2 Å². The van der Waals surface area contributed by atoms with Gasteiger partial charge in [-0.05, 0) is 44.7 Å². The molecular formula is C18H20N6OS. The highest BCUT2D eigenvalue weighted by molar-refractivity contribution is 7.14. The third kappa shape index (κ3) is 3.56. The second-order valence-electron chi connectivity index (χ2n) is 6.71. The van der Waals surface area contributed by atoms with Gasteiger partial charge in [0.1, 0.15) is 15.8 Å². The van der Waals surface area contributed by atoms with Gasteiger partial charge in [0.25, 0.3) is 0 Å². The number of nitrogens with two attached hydrogens (primary N) is 1. The fourth-order valence-electron chi connectivity index (χ4n) is 3.24. The van der Waals surface area contributed by atoms with E-state index >= 15 is 0 Å². The van der Waals surface area contributed by atoms with Crippen LogP contribution in [0.5, 0.6) is 0 Å². The summed E-state index contributed by atoms with van der Waals surface area (Å²) >= 11 is 1.53. The van der Waals surface area contributed by atoms with Crippen LogP contribution in [0.2, 0.25) is 0 Å². The number of hydrogen-bond donors (Lipinski definition) is 2. The van der Waals surface area contributed by atoms with Crippen LogP contribution in [-0.4, -0.2) is 32.1 Å². The van der Waals surface area contributed by atoms with E-state index in [1.807, 2.05) is 19.1 Å². The molecule has 0 unspecified atom stereocenters. The molecule has 7 nitrogen and oxygen atoms in total. The maximum absolute atomic E-state index is 12.5. The lowest BCUT2D eigenvalue weighted by atomic mass is 9.86. The van der Waals surface area contributed by atoms with Crippen LogP contribution in [0.25, 0.3) is 21.5 Å². The van der Waals surface area contributed by atoms with Gasteiger partial charge in [-0.2, -0.15) is 0 Å². The van der Waals surface area contributed by atoms with E-state index in [-0.39, 0.29) is 17.9 Å². The van der Waals surface area contributed by atoms with Gasteiger partial charge < -0.3 is 11.1 Å². The van der Waals surface area contributed by atoms with Crippen molar-refractivity contribution >= 4 is 34.0 Å². The second kappa shape index (κ2) is 7.05. The van der Waals surface area contributed by atoms with Crippen molar-refractivity contribution in [3.05, 3.63) is 29.5 Å². The van der Waals surface area contributed by atoms with Gasteiger partial charge in [0.2, 0.25) is 5.91 Å². The zero-order valence-corrected chi connectivity index (χ0v) is 15.3. The summed E-state index contributed by atoms with van der Waals surface area (Å²) in [5, 5.41) is 13.8. The van der Waals surface area contributed by atoms with E-state index in [1.165, 1.54) is 11.3 Å². The molecule has 3 heterocycles. The van der Waals surface area contributed by atoms with E-state index in [4.69, 9.17) is 5.73 Å². The molecule has 1 aliphatic carbocycles. The first-order valence-corrected chi connectivity index (χ1v) is 9.53. The topological polar surface area (TPSA) is 107 Å². The molecule has 3 aromatic heterocycles. The molecule has 8 heteroatoms. The fraction of sp³-hybridized carbons (Fsp3) is 0.389. The summed E-state index contributed by atoms with van der Waals surface area (Å²) in [6, 6.07) is 4.08. The second-order valence-corrected chi connectivity index (χ2v) is 7.90. The number of nitrogens with one attached hydrogen (secondary N) is 1. The van der Waals surface area contributed by atoms with Gasteiger partial charge in [-0.15, -0.1) is 10.2 Å². The lowest BCUT2D eigenvalue weighted by molar-refractivity contribution is -0.120. The molecule has 1 aliphatic rings. The molecule has 0 radical (unpaired) electrons. The standard InChI is InChI=1S/C18H20N6OS/c1-10-23-24-18(26-10)13-6-12-7-16(21-9-15(12)20-8-13)22-17(25)11-2-4-14(19)5-3-11/h6-9,11,14H,2-5,19H2,1H3,(H,21,22,25)/t11-,14-. The lowest BCUT2D eigenvalue weighted by Crippen LogP contribution is -2.32. The number of aromatic nitrogens is 4. The summed E-state index contributed by atoms with van der Waals surface area (Å²) in [5.74, 6) is 0.582. The molecular weight excluding hydrogens is 348 g/mol. The van der Waals surface area contributed by atoms with E-state index in [0.29, 0.717) is 5.82 Å². The summed E-state index contributed by atoms with van der Waals surface area (Å²) in [6.07, 6.45) is 6.92. The Kier molecular flexibility index (Phi) is 4.60. The monoisotopic (exact) mass is 368 g/mol. The Morgan fingerprint density at radius 3 is 2.69 bits per heavy atom. The summed E-state index contributed by atoms with van der Waals surface area (Å²) in [4.78, 5) is 21.2. The number of nitrogens with zero attached hydrogens (tertiary/aromatic N) is 4. The molecule has 0 atom stereocenters.